The summed E-state index contributed by atoms with van der Waals surface area (Å²) in [6.45, 7) is 3.87. The Labute approximate surface area is 101 Å². The van der Waals surface area contributed by atoms with Crippen LogP contribution in [0.5, 0.6) is 0 Å². The van der Waals surface area contributed by atoms with Crippen LogP contribution in [0.1, 0.15) is 23.7 Å². The molecule has 0 radical (unpaired) electrons. The van der Waals surface area contributed by atoms with Gasteiger partial charge in [0.2, 0.25) is 0 Å². The summed E-state index contributed by atoms with van der Waals surface area (Å²) >= 11 is 0. The molecule has 1 aromatic rings. The number of hydrogen-bond donors (Lipinski definition) is 2. The average molecular weight is 234 g/mol. The number of hydrogen-bond acceptors (Lipinski definition) is 3. The summed E-state index contributed by atoms with van der Waals surface area (Å²) in [5, 5.41) is 12.6. The first-order valence-corrected chi connectivity index (χ1v) is 6.02. The highest BCUT2D eigenvalue weighted by molar-refractivity contribution is 5.99. The number of benzene rings is 1. The summed E-state index contributed by atoms with van der Waals surface area (Å²) in [4.78, 5) is 14.0. The van der Waals surface area contributed by atoms with Gasteiger partial charge in [0.15, 0.2) is 0 Å². The largest absolute Gasteiger partial charge is 0.391 e. The molecule has 1 aliphatic heterocycles. The zero-order valence-corrected chi connectivity index (χ0v) is 10.0. The van der Waals surface area contributed by atoms with Crippen molar-refractivity contribution in [3.05, 3.63) is 29.8 Å². The van der Waals surface area contributed by atoms with Crippen molar-refractivity contribution in [2.75, 3.05) is 25.0 Å². The van der Waals surface area contributed by atoms with Crippen molar-refractivity contribution in [1.82, 2.24) is 4.90 Å². The molecule has 2 N–H and O–H groups in total. The zero-order valence-electron chi connectivity index (χ0n) is 10.0. The first-order valence-electron chi connectivity index (χ1n) is 6.02. The number of para-hydroxylation sites is 1. The van der Waals surface area contributed by atoms with Gasteiger partial charge >= 0.3 is 0 Å². The summed E-state index contributed by atoms with van der Waals surface area (Å²) < 4.78 is 0. The van der Waals surface area contributed by atoms with Gasteiger partial charge in [-0.3, -0.25) is 4.79 Å². The molecule has 1 saturated heterocycles. The Kier molecular flexibility index (Phi) is 3.64. The molecule has 1 heterocycles. The molecule has 1 fully saturated rings. The van der Waals surface area contributed by atoms with Gasteiger partial charge in [0.05, 0.1) is 11.7 Å². The molecule has 1 amide bonds. The summed E-state index contributed by atoms with van der Waals surface area (Å²) in [5.74, 6) is -0.00176. The number of likely N-dealkylation sites (tertiary alicyclic amines) is 1. The molecule has 1 aliphatic rings. The van der Waals surface area contributed by atoms with Gasteiger partial charge in [-0.15, -0.1) is 0 Å². The van der Waals surface area contributed by atoms with Gasteiger partial charge < -0.3 is 15.3 Å². The molecule has 0 spiro atoms. The first-order chi connectivity index (χ1) is 8.22. The lowest BCUT2D eigenvalue weighted by Crippen LogP contribution is -2.30. The minimum absolute atomic E-state index is 0.00176. The van der Waals surface area contributed by atoms with E-state index < -0.39 is 0 Å². The molecule has 2 rings (SSSR count). The van der Waals surface area contributed by atoms with Crippen molar-refractivity contribution in [2.24, 2.45) is 0 Å². The zero-order chi connectivity index (χ0) is 12.3. The monoisotopic (exact) mass is 234 g/mol. The maximum absolute atomic E-state index is 12.3. The Morgan fingerprint density at radius 3 is 2.94 bits per heavy atom. The second-order valence-electron chi connectivity index (χ2n) is 4.27. The van der Waals surface area contributed by atoms with Gasteiger partial charge in [-0.2, -0.15) is 0 Å². The summed E-state index contributed by atoms with van der Waals surface area (Å²) in [7, 11) is 0. The third-order valence-corrected chi connectivity index (χ3v) is 2.98. The summed E-state index contributed by atoms with van der Waals surface area (Å²) in [6.07, 6.45) is 0.306. The predicted octanol–water partition coefficient (Wildman–Crippen LogP) is 1.33. The van der Waals surface area contributed by atoms with Crippen LogP contribution in [0.25, 0.3) is 0 Å². The number of anilines is 1. The highest BCUT2D eigenvalue weighted by Gasteiger charge is 2.26. The van der Waals surface area contributed by atoms with E-state index in [9.17, 15) is 9.90 Å². The number of aliphatic hydroxyl groups excluding tert-OH is 1. The van der Waals surface area contributed by atoms with Gasteiger partial charge in [-0.25, -0.2) is 0 Å². The van der Waals surface area contributed by atoms with Gasteiger partial charge in [0, 0.05) is 25.3 Å². The average Bonchev–Trinajstić information content (AvgIpc) is 2.76. The Hall–Kier alpha value is -1.55. The number of nitrogens with one attached hydrogen (secondary N) is 1. The van der Waals surface area contributed by atoms with Crippen LogP contribution in [-0.4, -0.2) is 41.7 Å². The van der Waals surface area contributed by atoms with Crippen molar-refractivity contribution >= 4 is 11.6 Å². The van der Waals surface area contributed by atoms with E-state index in [2.05, 4.69) is 5.32 Å². The minimum atomic E-state index is -0.370. The number of carbonyl (C=O) groups is 1. The molecule has 0 bridgehead atoms. The molecule has 1 atom stereocenters. The normalized spacial score (nSPS) is 19.4. The molecule has 1 aromatic carbocycles. The Morgan fingerprint density at radius 1 is 1.53 bits per heavy atom. The van der Waals surface area contributed by atoms with Crippen LogP contribution in [0.4, 0.5) is 5.69 Å². The van der Waals surface area contributed by atoms with Gasteiger partial charge in [-0.05, 0) is 25.5 Å². The van der Waals surface area contributed by atoms with E-state index in [-0.39, 0.29) is 12.0 Å². The maximum Gasteiger partial charge on any atom is 0.256 e. The molecule has 0 aliphatic carbocycles. The van der Waals surface area contributed by atoms with Crippen molar-refractivity contribution in [2.45, 2.75) is 19.4 Å². The highest BCUT2D eigenvalue weighted by atomic mass is 16.3. The molecule has 4 nitrogen and oxygen atoms in total. The molecular weight excluding hydrogens is 216 g/mol. The maximum atomic E-state index is 12.3. The minimum Gasteiger partial charge on any atom is -0.391 e. The number of aliphatic hydroxyl groups is 1. The van der Waals surface area contributed by atoms with E-state index in [4.69, 9.17) is 0 Å². The van der Waals surface area contributed by atoms with E-state index in [0.717, 1.165) is 12.2 Å². The van der Waals surface area contributed by atoms with Gasteiger partial charge in [0.25, 0.3) is 5.91 Å². The Balaban J connectivity index is 2.18. The van der Waals surface area contributed by atoms with Crippen LogP contribution >= 0.6 is 0 Å². The molecule has 1 unspecified atom stereocenters. The van der Waals surface area contributed by atoms with Crippen LogP contribution in [0.3, 0.4) is 0 Å². The summed E-state index contributed by atoms with van der Waals surface area (Å²) in [6, 6.07) is 7.50. The number of amides is 1. The molecule has 92 valence electrons. The molecule has 4 heteroatoms. The number of β-amino-alcohol motifs (C(OH)–C–C–N with tert-alkyl or cyclic N) is 1. The third kappa shape index (κ3) is 2.58. The van der Waals surface area contributed by atoms with Crippen molar-refractivity contribution < 1.29 is 9.90 Å². The Bertz CT molecular complexity index is 406. The van der Waals surface area contributed by atoms with E-state index in [1.807, 2.05) is 31.2 Å². The van der Waals surface area contributed by atoms with Gasteiger partial charge in [0.1, 0.15) is 0 Å². The van der Waals surface area contributed by atoms with E-state index in [0.29, 0.717) is 25.1 Å². The standard InChI is InChI=1S/C13H18N2O2/c1-2-14-12-6-4-3-5-11(12)13(17)15-8-7-10(16)9-15/h3-6,10,14,16H,2,7-9H2,1H3. The van der Waals surface area contributed by atoms with Crippen LogP contribution < -0.4 is 5.32 Å². The topological polar surface area (TPSA) is 52.6 Å². The van der Waals surface area contributed by atoms with Gasteiger partial charge in [-0.1, -0.05) is 12.1 Å². The molecule has 0 aromatic heterocycles. The molecule has 0 saturated carbocycles. The quantitative estimate of drug-likeness (QED) is 0.829. The fraction of sp³-hybridized carbons (Fsp3) is 0.462. The number of carbonyl (C=O) groups excluding carboxylic acids is 1. The van der Waals surface area contributed by atoms with E-state index >= 15 is 0 Å². The second-order valence-corrected chi connectivity index (χ2v) is 4.27. The van der Waals surface area contributed by atoms with Crippen molar-refractivity contribution in [3.63, 3.8) is 0 Å². The van der Waals surface area contributed by atoms with Crippen molar-refractivity contribution in [3.8, 4) is 0 Å². The van der Waals surface area contributed by atoms with Crippen LogP contribution in [0.2, 0.25) is 0 Å². The highest BCUT2D eigenvalue weighted by Crippen LogP contribution is 2.19. The second kappa shape index (κ2) is 5.19. The van der Waals surface area contributed by atoms with E-state index in [1.165, 1.54) is 0 Å². The van der Waals surface area contributed by atoms with Crippen LogP contribution in [-0.2, 0) is 0 Å². The molecular formula is C13H18N2O2. The lowest BCUT2D eigenvalue weighted by molar-refractivity contribution is 0.0766. The summed E-state index contributed by atoms with van der Waals surface area (Å²) in [5.41, 5.74) is 1.55. The predicted molar refractivity (Wildman–Crippen MR) is 67.1 cm³/mol. The number of nitrogens with zero attached hydrogens (tertiary/aromatic N) is 1. The smallest absolute Gasteiger partial charge is 0.256 e. The van der Waals surface area contributed by atoms with E-state index in [1.54, 1.807) is 4.90 Å². The fourth-order valence-corrected chi connectivity index (χ4v) is 2.11. The first kappa shape index (κ1) is 11.9. The van der Waals surface area contributed by atoms with Crippen molar-refractivity contribution in [1.29, 1.82) is 0 Å². The third-order valence-electron chi connectivity index (χ3n) is 2.98. The fourth-order valence-electron chi connectivity index (χ4n) is 2.11. The van der Waals surface area contributed by atoms with Crippen LogP contribution in [0, 0.1) is 0 Å². The molecule has 17 heavy (non-hydrogen) atoms. The van der Waals surface area contributed by atoms with Crippen LogP contribution in [0.15, 0.2) is 24.3 Å². The number of rotatable bonds is 3. The Morgan fingerprint density at radius 2 is 2.29 bits per heavy atom. The lowest BCUT2D eigenvalue weighted by atomic mass is 10.1. The SMILES string of the molecule is CCNc1ccccc1C(=O)N1CCC(O)C1. The lowest BCUT2D eigenvalue weighted by Gasteiger charge is -2.18.